The van der Waals surface area contributed by atoms with E-state index in [1.165, 1.54) is 19.3 Å². The van der Waals surface area contributed by atoms with Gasteiger partial charge in [-0.15, -0.1) is 0 Å². The first-order valence-corrected chi connectivity index (χ1v) is 7.32. The molecule has 103 valence electrons. The van der Waals surface area contributed by atoms with Crippen molar-refractivity contribution in [2.24, 2.45) is 0 Å². The van der Waals surface area contributed by atoms with Crippen LogP contribution in [0.1, 0.15) is 44.9 Å². The molecule has 0 heterocycles. The van der Waals surface area contributed by atoms with Crippen molar-refractivity contribution in [1.29, 1.82) is 0 Å². The largest absolute Gasteiger partial charge is 0.494 e. The van der Waals surface area contributed by atoms with Gasteiger partial charge < -0.3 is 4.74 Å². The van der Waals surface area contributed by atoms with E-state index in [0.29, 0.717) is 4.86 Å². The summed E-state index contributed by atoms with van der Waals surface area (Å²) in [6.45, 7) is 0.786. The van der Waals surface area contributed by atoms with Crippen molar-refractivity contribution in [3.8, 4) is 5.75 Å². The van der Waals surface area contributed by atoms with Crippen molar-refractivity contribution in [1.82, 2.24) is 0 Å². The summed E-state index contributed by atoms with van der Waals surface area (Å²) >= 11 is 4.80. The van der Waals surface area contributed by atoms with Crippen molar-refractivity contribution in [2.75, 3.05) is 6.61 Å². The van der Waals surface area contributed by atoms with E-state index < -0.39 is 0 Å². The van der Waals surface area contributed by atoms with Crippen LogP contribution >= 0.6 is 12.2 Å². The number of benzene rings is 1. The molecule has 1 rings (SSSR count). The van der Waals surface area contributed by atoms with Gasteiger partial charge in [0.2, 0.25) is 6.29 Å². The average molecular weight is 277 g/mol. The summed E-state index contributed by atoms with van der Waals surface area (Å²) in [4.78, 5) is 10.6. The Morgan fingerprint density at radius 3 is 2.32 bits per heavy atom. The van der Waals surface area contributed by atoms with Crippen molar-refractivity contribution in [2.45, 2.75) is 44.9 Å². The minimum absolute atomic E-state index is 0.427. The number of hydrogen-bond donors (Lipinski definition) is 0. The third-order valence-electron chi connectivity index (χ3n) is 2.92. The standard InChI is InChI=1S/C16H21O2S/c17-14-16(19)12-8-3-1-2-4-9-13-18-15-10-6-5-7-11-15/h5-7,10-11H,1-4,8-9,12-13H2. The van der Waals surface area contributed by atoms with Crippen molar-refractivity contribution in [3.63, 3.8) is 0 Å². The van der Waals surface area contributed by atoms with E-state index >= 15 is 0 Å². The van der Waals surface area contributed by atoms with Crippen LogP contribution in [0, 0.1) is 0 Å². The van der Waals surface area contributed by atoms with E-state index in [1.807, 2.05) is 30.3 Å². The number of thiocarbonyl (C=S) groups is 1. The third-order valence-corrected chi connectivity index (χ3v) is 3.21. The summed E-state index contributed by atoms with van der Waals surface area (Å²) in [5, 5.41) is 0. The third kappa shape index (κ3) is 8.49. The number of para-hydroxylation sites is 1. The SMILES string of the molecule is O=[C]C(=S)CCCCCCCCOc1ccccc1. The van der Waals surface area contributed by atoms with Gasteiger partial charge in [0.1, 0.15) is 5.75 Å². The van der Waals surface area contributed by atoms with Gasteiger partial charge >= 0.3 is 0 Å². The zero-order valence-corrected chi connectivity index (χ0v) is 12.1. The maximum Gasteiger partial charge on any atom is 0.240 e. The number of ether oxygens (including phenoxy) is 1. The van der Waals surface area contributed by atoms with E-state index in [4.69, 9.17) is 17.0 Å². The first kappa shape index (κ1) is 15.8. The molecule has 0 spiro atoms. The second kappa shape index (κ2) is 10.7. The van der Waals surface area contributed by atoms with Gasteiger partial charge in [0, 0.05) is 0 Å². The van der Waals surface area contributed by atoms with Crippen LogP contribution in [0.4, 0.5) is 0 Å². The van der Waals surface area contributed by atoms with Crippen LogP contribution in [0.3, 0.4) is 0 Å². The minimum atomic E-state index is 0.427. The molecule has 0 aromatic heterocycles. The van der Waals surface area contributed by atoms with Crippen LogP contribution in [0.2, 0.25) is 0 Å². The predicted octanol–water partition coefficient (Wildman–Crippen LogP) is 4.28. The lowest BCUT2D eigenvalue weighted by molar-refractivity contribution is 0.304. The predicted molar refractivity (Wildman–Crippen MR) is 82.5 cm³/mol. The zero-order valence-electron chi connectivity index (χ0n) is 11.3. The van der Waals surface area contributed by atoms with Gasteiger partial charge in [0.05, 0.1) is 11.5 Å². The van der Waals surface area contributed by atoms with Gasteiger partial charge in [-0.1, -0.05) is 56.1 Å². The molecule has 0 amide bonds. The van der Waals surface area contributed by atoms with E-state index in [2.05, 4.69) is 0 Å². The van der Waals surface area contributed by atoms with Gasteiger partial charge in [0.25, 0.3) is 0 Å². The lowest BCUT2D eigenvalue weighted by Crippen LogP contribution is -1.97. The molecule has 1 aromatic carbocycles. The molecule has 0 saturated heterocycles. The molecule has 1 aromatic rings. The van der Waals surface area contributed by atoms with Crippen molar-refractivity contribution < 1.29 is 9.53 Å². The molecule has 0 aliphatic rings. The normalized spacial score (nSPS) is 10.1. The van der Waals surface area contributed by atoms with E-state index in [-0.39, 0.29) is 0 Å². The Bertz CT molecular complexity index is 362. The van der Waals surface area contributed by atoms with Crippen LogP contribution in [-0.2, 0) is 4.79 Å². The molecule has 0 N–H and O–H groups in total. The van der Waals surface area contributed by atoms with E-state index in [9.17, 15) is 4.79 Å². The molecule has 0 fully saturated rings. The summed E-state index contributed by atoms with van der Waals surface area (Å²) in [5.41, 5.74) is 0. The molecular weight excluding hydrogens is 256 g/mol. The zero-order chi connectivity index (χ0) is 13.8. The first-order valence-electron chi connectivity index (χ1n) is 6.92. The fourth-order valence-corrected chi connectivity index (χ4v) is 2.00. The van der Waals surface area contributed by atoms with Crippen molar-refractivity contribution >= 4 is 23.4 Å². The van der Waals surface area contributed by atoms with Gasteiger partial charge in [-0.25, -0.2) is 0 Å². The van der Waals surface area contributed by atoms with Gasteiger partial charge in [-0.05, 0) is 31.4 Å². The molecule has 19 heavy (non-hydrogen) atoms. The van der Waals surface area contributed by atoms with Crippen LogP contribution in [0.25, 0.3) is 0 Å². The Kier molecular flexibility index (Phi) is 8.90. The van der Waals surface area contributed by atoms with Crippen LogP contribution in [0.5, 0.6) is 5.75 Å². The highest BCUT2D eigenvalue weighted by Crippen LogP contribution is 2.11. The second-order valence-electron chi connectivity index (χ2n) is 4.56. The van der Waals surface area contributed by atoms with Crippen LogP contribution in [-0.4, -0.2) is 17.8 Å². The van der Waals surface area contributed by atoms with Crippen molar-refractivity contribution in [3.05, 3.63) is 30.3 Å². The number of hydrogen-bond acceptors (Lipinski definition) is 3. The highest BCUT2D eigenvalue weighted by Gasteiger charge is 1.96. The Hall–Kier alpha value is -1.22. The summed E-state index contributed by atoms with van der Waals surface area (Å²) in [5.74, 6) is 0.945. The fourth-order valence-electron chi connectivity index (χ4n) is 1.85. The molecule has 3 heteroatoms. The molecule has 2 nitrogen and oxygen atoms in total. The number of carbonyl (C=O) groups excluding carboxylic acids is 1. The quantitative estimate of drug-likeness (QED) is 0.446. The topological polar surface area (TPSA) is 26.3 Å². The Labute approximate surface area is 121 Å². The summed E-state index contributed by atoms with van der Waals surface area (Å²) in [6.07, 6.45) is 9.33. The molecule has 0 aliphatic carbocycles. The molecule has 0 bridgehead atoms. The highest BCUT2D eigenvalue weighted by atomic mass is 32.1. The molecule has 1 radical (unpaired) electrons. The second-order valence-corrected chi connectivity index (χ2v) is 5.05. The summed E-state index contributed by atoms with van der Waals surface area (Å²) in [6, 6.07) is 9.91. The molecule has 0 saturated carbocycles. The van der Waals surface area contributed by atoms with Crippen LogP contribution in [0.15, 0.2) is 30.3 Å². The lowest BCUT2D eigenvalue weighted by Gasteiger charge is -2.05. The lowest BCUT2D eigenvalue weighted by atomic mass is 10.1. The maximum absolute atomic E-state index is 10.2. The Morgan fingerprint density at radius 2 is 1.63 bits per heavy atom. The molecule has 0 aliphatic heterocycles. The summed E-state index contributed by atoms with van der Waals surface area (Å²) in [7, 11) is 0. The Balaban J connectivity index is 1.86. The van der Waals surface area contributed by atoms with E-state index in [0.717, 1.165) is 38.0 Å². The number of rotatable bonds is 11. The molecule has 0 unspecified atom stereocenters. The highest BCUT2D eigenvalue weighted by molar-refractivity contribution is 7.81. The first-order chi connectivity index (χ1) is 9.33. The fraction of sp³-hybridized carbons (Fsp3) is 0.500. The summed E-state index contributed by atoms with van der Waals surface area (Å²) < 4.78 is 5.62. The van der Waals surface area contributed by atoms with Gasteiger partial charge in [-0.2, -0.15) is 0 Å². The van der Waals surface area contributed by atoms with Crippen LogP contribution < -0.4 is 4.74 Å². The average Bonchev–Trinajstić information content (AvgIpc) is 2.46. The van der Waals surface area contributed by atoms with E-state index in [1.54, 1.807) is 6.29 Å². The molecular formula is C16H21O2S. The van der Waals surface area contributed by atoms with Gasteiger partial charge in [-0.3, -0.25) is 4.79 Å². The smallest absolute Gasteiger partial charge is 0.240 e. The monoisotopic (exact) mass is 277 g/mol. The number of unbranched alkanes of at least 4 members (excludes halogenated alkanes) is 5. The molecule has 0 atom stereocenters. The minimum Gasteiger partial charge on any atom is -0.494 e. The maximum atomic E-state index is 10.2. The van der Waals surface area contributed by atoms with Gasteiger partial charge in [0.15, 0.2) is 0 Å². The Morgan fingerprint density at radius 1 is 1.00 bits per heavy atom.